The van der Waals surface area contributed by atoms with Crippen LogP contribution in [-0.2, 0) is 6.42 Å². The molecule has 0 aliphatic carbocycles. The van der Waals surface area contributed by atoms with Crippen molar-refractivity contribution in [1.82, 2.24) is 9.97 Å². The maximum absolute atomic E-state index is 4.17. The minimum atomic E-state index is 0.910. The number of hydrogen-bond donors (Lipinski definition) is 1. The molecule has 2 aromatic rings. The fraction of sp³-hybridized carbons (Fsp3) is 0.200. The first-order valence-electron chi connectivity index (χ1n) is 4.58. The van der Waals surface area contributed by atoms with Crippen LogP contribution in [0.25, 0.3) is 0 Å². The number of hydrogen-bond acceptors (Lipinski definition) is 4. The Morgan fingerprint density at radius 2 is 2.40 bits per heavy atom. The van der Waals surface area contributed by atoms with Crippen molar-refractivity contribution in [2.45, 2.75) is 6.42 Å². The van der Waals surface area contributed by atoms with Gasteiger partial charge in [-0.1, -0.05) is 6.07 Å². The predicted molar refractivity (Wildman–Crippen MR) is 71.3 cm³/mol. The topological polar surface area (TPSA) is 37.8 Å². The molecule has 3 nitrogen and oxygen atoms in total. The lowest BCUT2D eigenvalue weighted by molar-refractivity contribution is 1.01. The quantitative estimate of drug-likeness (QED) is 0.876. The second-order valence-corrected chi connectivity index (χ2v) is 5.17. The number of halogens is 1. The van der Waals surface area contributed by atoms with Gasteiger partial charge in [0.2, 0.25) is 0 Å². The summed E-state index contributed by atoms with van der Waals surface area (Å²) < 4.78 is 1.06. The number of thiophene rings is 1. The maximum atomic E-state index is 4.17. The van der Waals surface area contributed by atoms with E-state index in [0.29, 0.717) is 0 Å². The third kappa shape index (κ3) is 3.13. The monoisotopic (exact) mass is 331 g/mol. The van der Waals surface area contributed by atoms with Crippen molar-refractivity contribution in [3.63, 3.8) is 0 Å². The van der Waals surface area contributed by atoms with Gasteiger partial charge < -0.3 is 5.32 Å². The van der Waals surface area contributed by atoms with Crippen LogP contribution in [-0.4, -0.2) is 16.5 Å². The molecule has 0 aliphatic heterocycles. The zero-order valence-electron chi connectivity index (χ0n) is 7.98. The van der Waals surface area contributed by atoms with Crippen LogP contribution in [0.5, 0.6) is 0 Å². The zero-order valence-corrected chi connectivity index (χ0v) is 11.0. The van der Waals surface area contributed by atoms with Gasteiger partial charge in [0.25, 0.3) is 0 Å². The normalized spacial score (nSPS) is 10.2. The highest BCUT2D eigenvalue weighted by molar-refractivity contribution is 14.1. The van der Waals surface area contributed by atoms with Crippen molar-refractivity contribution in [3.05, 3.63) is 38.5 Å². The molecule has 0 atom stereocenters. The number of aromatic nitrogens is 2. The van der Waals surface area contributed by atoms with E-state index in [0.717, 1.165) is 22.4 Å². The van der Waals surface area contributed by atoms with Gasteiger partial charge >= 0.3 is 0 Å². The summed E-state index contributed by atoms with van der Waals surface area (Å²) in [5, 5.41) is 5.40. The largest absolute Gasteiger partial charge is 0.369 e. The Hall–Kier alpha value is -0.690. The van der Waals surface area contributed by atoms with Crippen LogP contribution >= 0.6 is 33.9 Å². The fourth-order valence-corrected chi connectivity index (χ4v) is 2.40. The summed E-state index contributed by atoms with van der Waals surface area (Å²) in [7, 11) is 0. The van der Waals surface area contributed by atoms with E-state index >= 15 is 0 Å². The van der Waals surface area contributed by atoms with Crippen molar-refractivity contribution >= 4 is 39.7 Å². The molecule has 78 valence electrons. The Kier molecular flexibility index (Phi) is 3.90. The van der Waals surface area contributed by atoms with Crippen molar-refractivity contribution in [2.24, 2.45) is 0 Å². The average Bonchev–Trinajstić information content (AvgIpc) is 2.74. The summed E-state index contributed by atoms with van der Waals surface area (Å²) in [6.45, 7) is 0.910. The van der Waals surface area contributed by atoms with E-state index in [4.69, 9.17) is 0 Å². The molecule has 0 unspecified atom stereocenters. The third-order valence-electron chi connectivity index (χ3n) is 1.91. The van der Waals surface area contributed by atoms with Crippen molar-refractivity contribution in [3.8, 4) is 0 Å². The smallest absolute Gasteiger partial charge is 0.142 e. The molecule has 0 saturated carbocycles. The van der Waals surface area contributed by atoms with Crippen molar-refractivity contribution in [2.75, 3.05) is 11.9 Å². The Morgan fingerprint density at radius 1 is 1.47 bits per heavy atom. The van der Waals surface area contributed by atoms with Gasteiger partial charge in [-0.05, 0) is 40.5 Å². The first kappa shape index (κ1) is 10.8. The Bertz CT molecular complexity index is 416. The van der Waals surface area contributed by atoms with E-state index in [-0.39, 0.29) is 0 Å². The molecule has 0 fully saturated rings. The summed E-state index contributed by atoms with van der Waals surface area (Å²) in [5.41, 5.74) is 0. The molecule has 0 radical (unpaired) electrons. The van der Waals surface area contributed by atoms with Crippen molar-refractivity contribution in [1.29, 1.82) is 0 Å². The van der Waals surface area contributed by atoms with Gasteiger partial charge in [0.1, 0.15) is 12.1 Å². The first-order chi connectivity index (χ1) is 7.36. The summed E-state index contributed by atoms with van der Waals surface area (Å²) in [6, 6.07) is 4.23. The van der Waals surface area contributed by atoms with Crippen LogP contribution in [0.4, 0.5) is 5.82 Å². The minimum Gasteiger partial charge on any atom is -0.369 e. The second-order valence-electron chi connectivity index (χ2n) is 2.98. The highest BCUT2D eigenvalue weighted by atomic mass is 127. The molecule has 1 N–H and O–H groups in total. The van der Waals surface area contributed by atoms with Crippen LogP contribution < -0.4 is 5.32 Å². The lowest BCUT2D eigenvalue weighted by Crippen LogP contribution is -2.07. The SMILES string of the molecule is Ic1cncnc1NCCc1cccs1. The van der Waals surface area contributed by atoms with E-state index in [1.807, 2.05) is 0 Å². The molecule has 0 spiro atoms. The number of anilines is 1. The molecule has 0 aromatic carbocycles. The van der Waals surface area contributed by atoms with Gasteiger partial charge in [-0.15, -0.1) is 11.3 Å². The molecule has 15 heavy (non-hydrogen) atoms. The Balaban J connectivity index is 1.86. The molecule has 2 aromatic heterocycles. The van der Waals surface area contributed by atoms with Crippen LogP contribution in [0.1, 0.15) is 4.88 Å². The molecular weight excluding hydrogens is 321 g/mol. The van der Waals surface area contributed by atoms with Gasteiger partial charge in [0, 0.05) is 17.6 Å². The number of nitrogens with zero attached hydrogens (tertiary/aromatic N) is 2. The highest BCUT2D eigenvalue weighted by Crippen LogP contribution is 2.13. The predicted octanol–water partition coefficient (Wildman–Crippen LogP) is 2.80. The first-order valence-corrected chi connectivity index (χ1v) is 6.54. The number of nitrogens with one attached hydrogen (secondary N) is 1. The summed E-state index contributed by atoms with van der Waals surface area (Å²) in [4.78, 5) is 9.51. The van der Waals surface area contributed by atoms with Crippen LogP contribution in [0.15, 0.2) is 30.0 Å². The van der Waals surface area contributed by atoms with Gasteiger partial charge in [-0.2, -0.15) is 0 Å². The minimum absolute atomic E-state index is 0.910. The van der Waals surface area contributed by atoms with Gasteiger partial charge in [-0.3, -0.25) is 0 Å². The number of rotatable bonds is 4. The van der Waals surface area contributed by atoms with E-state index < -0.39 is 0 Å². The van der Waals surface area contributed by atoms with Crippen molar-refractivity contribution < 1.29 is 0 Å². The van der Waals surface area contributed by atoms with E-state index in [1.54, 1.807) is 23.9 Å². The lowest BCUT2D eigenvalue weighted by Gasteiger charge is -2.05. The second kappa shape index (κ2) is 5.41. The molecule has 0 saturated heterocycles. The molecule has 2 heterocycles. The molecule has 0 bridgehead atoms. The highest BCUT2D eigenvalue weighted by Gasteiger charge is 1.99. The van der Waals surface area contributed by atoms with E-state index in [2.05, 4.69) is 55.4 Å². The van der Waals surface area contributed by atoms with E-state index in [1.165, 1.54) is 4.88 Å². The van der Waals surface area contributed by atoms with E-state index in [9.17, 15) is 0 Å². The molecule has 5 heteroatoms. The molecule has 0 amide bonds. The van der Waals surface area contributed by atoms with Gasteiger partial charge in [0.05, 0.1) is 3.57 Å². The van der Waals surface area contributed by atoms with Crippen LogP contribution in [0.2, 0.25) is 0 Å². The summed E-state index contributed by atoms with van der Waals surface area (Å²) in [5.74, 6) is 0.919. The molecular formula is C10H10IN3S. The Morgan fingerprint density at radius 3 is 3.13 bits per heavy atom. The maximum Gasteiger partial charge on any atom is 0.142 e. The van der Waals surface area contributed by atoms with Gasteiger partial charge in [0.15, 0.2) is 0 Å². The summed E-state index contributed by atoms with van der Waals surface area (Å²) >= 11 is 4.02. The Labute approximate surface area is 106 Å². The van der Waals surface area contributed by atoms with Crippen LogP contribution in [0.3, 0.4) is 0 Å². The molecule has 2 rings (SSSR count). The average molecular weight is 331 g/mol. The lowest BCUT2D eigenvalue weighted by atomic mass is 10.3. The van der Waals surface area contributed by atoms with Crippen LogP contribution in [0, 0.1) is 3.57 Å². The zero-order chi connectivity index (χ0) is 10.5. The third-order valence-corrected chi connectivity index (χ3v) is 3.64. The molecule has 0 aliphatic rings. The fourth-order valence-electron chi connectivity index (χ4n) is 1.20. The summed E-state index contributed by atoms with van der Waals surface area (Å²) in [6.07, 6.45) is 4.41. The van der Waals surface area contributed by atoms with Gasteiger partial charge in [-0.25, -0.2) is 9.97 Å². The standard InChI is InChI=1S/C10H10IN3S/c11-9-6-12-7-14-10(9)13-4-3-8-2-1-5-15-8/h1-2,5-7H,3-4H2,(H,12,13,14).